The summed E-state index contributed by atoms with van der Waals surface area (Å²) >= 11 is 0. The SMILES string of the molecule is CC(CS(C)(=O)=O)NCC(O)c1ccc([N+](=O)[O-])cc1. The molecule has 1 aromatic carbocycles. The lowest BCUT2D eigenvalue weighted by molar-refractivity contribution is -0.384. The highest BCUT2D eigenvalue weighted by Gasteiger charge is 2.14. The van der Waals surface area contributed by atoms with Crippen molar-refractivity contribution >= 4 is 15.5 Å². The average Bonchev–Trinajstić information content (AvgIpc) is 2.34. The molecule has 0 aliphatic rings. The summed E-state index contributed by atoms with van der Waals surface area (Å²) in [4.78, 5) is 9.99. The van der Waals surface area contributed by atoms with Gasteiger partial charge in [0, 0.05) is 31.0 Å². The van der Waals surface area contributed by atoms with Gasteiger partial charge in [0.1, 0.15) is 9.84 Å². The van der Waals surface area contributed by atoms with Gasteiger partial charge >= 0.3 is 0 Å². The molecule has 0 fully saturated rings. The molecule has 0 amide bonds. The molecule has 0 radical (unpaired) electrons. The lowest BCUT2D eigenvalue weighted by atomic mass is 10.1. The van der Waals surface area contributed by atoms with E-state index in [1.54, 1.807) is 6.92 Å². The average molecular weight is 302 g/mol. The maximum absolute atomic E-state index is 11.1. The fraction of sp³-hybridized carbons (Fsp3) is 0.500. The lowest BCUT2D eigenvalue weighted by Gasteiger charge is -2.16. The smallest absolute Gasteiger partial charge is 0.269 e. The summed E-state index contributed by atoms with van der Waals surface area (Å²) in [7, 11) is -3.07. The number of aliphatic hydroxyl groups excluding tert-OH is 1. The number of rotatable bonds is 7. The summed E-state index contributed by atoms with van der Waals surface area (Å²) in [5, 5.41) is 23.3. The van der Waals surface area contributed by atoms with Gasteiger partial charge in [-0.1, -0.05) is 0 Å². The van der Waals surface area contributed by atoms with E-state index < -0.39 is 20.9 Å². The number of sulfone groups is 1. The molecule has 7 nitrogen and oxygen atoms in total. The van der Waals surface area contributed by atoms with Crippen molar-refractivity contribution in [1.82, 2.24) is 5.32 Å². The molecule has 0 saturated heterocycles. The van der Waals surface area contributed by atoms with Gasteiger partial charge in [-0.3, -0.25) is 10.1 Å². The lowest BCUT2D eigenvalue weighted by Crippen LogP contribution is -2.35. The Morgan fingerprint density at radius 1 is 1.35 bits per heavy atom. The Hall–Kier alpha value is -1.51. The van der Waals surface area contributed by atoms with Gasteiger partial charge in [0.2, 0.25) is 0 Å². The third-order valence-electron chi connectivity index (χ3n) is 2.70. The standard InChI is InChI=1S/C12H18N2O5S/c1-9(8-20(2,18)19)13-7-12(15)10-3-5-11(6-4-10)14(16)17/h3-6,9,12-13,15H,7-8H2,1-2H3. The van der Waals surface area contributed by atoms with Crippen LogP contribution in [0.3, 0.4) is 0 Å². The Morgan fingerprint density at radius 3 is 2.35 bits per heavy atom. The van der Waals surface area contributed by atoms with Crippen molar-refractivity contribution in [3.8, 4) is 0 Å². The molecule has 1 rings (SSSR count). The number of nitro groups is 1. The number of nitrogens with one attached hydrogen (secondary N) is 1. The second-order valence-electron chi connectivity index (χ2n) is 4.77. The van der Waals surface area contributed by atoms with Crippen LogP contribution in [0.25, 0.3) is 0 Å². The topological polar surface area (TPSA) is 110 Å². The molecular formula is C12H18N2O5S. The van der Waals surface area contributed by atoms with Gasteiger partial charge in [-0.2, -0.15) is 0 Å². The van der Waals surface area contributed by atoms with Crippen LogP contribution >= 0.6 is 0 Å². The van der Waals surface area contributed by atoms with E-state index in [1.165, 1.54) is 24.3 Å². The number of hydrogen-bond acceptors (Lipinski definition) is 6. The van der Waals surface area contributed by atoms with Crippen LogP contribution in [0.1, 0.15) is 18.6 Å². The molecule has 0 heterocycles. The summed E-state index contributed by atoms with van der Waals surface area (Å²) in [6.07, 6.45) is 0.301. The van der Waals surface area contributed by atoms with E-state index in [4.69, 9.17) is 0 Å². The Bertz CT molecular complexity index is 556. The molecule has 0 saturated carbocycles. The van der Waals surface area contributed by atoms with Gasteiger partial charge in [-0.25, -0.2) is 8.42 Å². The minimum atomic E-state index is -3.07. The molecule has 0 bridgehead atoms. The van der Waals surface area contributed by atoms with Gasteiger partial charge < -0.3 is 10.4 Å². The first-order valence-electron chi connectivity index (χ1n) is 6.02. The highest BCUT2D eigenvalue weighted by molar-refractivity contribution is 7.90. The van der Waals surface area contributed by atoms with Gasteiger partial charge in [0.25, 0.3) is 5.69 Å². The Kier molecular flexibility index (Phi) is 5.61. The minimum absolute atomic E-state index is 0.0139. The molecule has 0 aliphatic carbocycles. The van der Waals surface area contributed by atoms with E-state index in [-0.39, 0.29) is 24.0 Å². The molecule has 0 aromatic heterocycles. The van der Waals surface area contributed by atoms with Crippen LogP contribution in [0.15, 0.2) is 24.3 Å². The van der Waals surface area contributed by atoms with Crippen LogP contribution in [0.2, 0.25) is 0 Å². The zero-order chi connectivity index (χ0) is 15.3. The van der Waals surface area contributed by atoms with E-state index in [1.807, 2.05) is 0 Å². The first-order chi connectivity index (χ1) is 9.19. The zero-order valence-corrected chi connectivity index (χ0v) is 12.1. The summed E-state index contributed by atoms with van der Waals surface area (Å²) in [5.41, 5.74) is 0.494. The summed E-state index contributed by atoms with van der Waals surface area (Å²) in [6.45, 7) is 1.89. The first kappa shape index (κ1) is 16.5. The van der Waals surface area contributed by atoms with E-state index in [0.717, 1.165) is 6.26 Å². The van der Waals surface area contributed by atoms with Crippen molar-refractivity contribution in [3.63, 3.8) is 0 Å². The fourth-order valence-corrected chi connectivity index (χ4v) is 2.79. The number of nitrogens with zero attached hydrogens (tertiary/aromatic N) is 1. The molecular weight excluding hydrogens is 284 g/mol. The largest absolute Gasteiger partial charge is 0.387 e. The number of aliphatic hydroxyl groups is 1. The third-order valence-corrected chi connectivity index (χ3v) is 3.81. The zero-order valence-electron chi connectivity index (χ0n) is 11.3. The molecule has 1 aromatic rings. The Labute approximate surface area is 117 Å². The Morgan fingerprint density at radius 2 is 1.90 bits per heavy atom. The highest BCUT2D eigenvalue weighted by atomic mass is 32.2. The molecule has 2 atom stereocenters. The van der Waals surface area contributed by atoms with Crippen molar-refractivity contribution in [1.29, 1.82) is 0 Å². The van der Waals surface area contributed by atoms with E-state index >= 15 is 0 Å². The van der Waals surface area contributed by atoms with E-state index in [9.17, 15) is 23.6 Å². The molecule has 112 valence electrons. The minimum Gasteiger partial charge on any atom is -0.387 e. The van der Waals surface area contributed by atoms with Crippen LogP contribution in [-0.2, 0) is 9.84 Å². The van der Waals surface area contributed by atoms with Crippen molar-refractivity contribution in [2.75, 3.05) is 18.6 Å². The van der Waals surface area contributed by atoms with Crippen LogP contribution < -0.4 is 5.32 Å². The Balaban J connectivity index is 2.54. The molecule has 2 N–H and O–H groups in total. The maximum Gasteiger partial charge on any atom is 0.269 e. The van der Waals surface area contributed by atoms with Gasteiger partial charge in [-0.15, -0.1) is 0 Å². The third kappa shape index (κ3) is 5.64. The highest BCUT2D eigenvalue weighted by Crippen LogP contribution is 2.17. The molecule has 0 aliphatic heterocycles. The number of benzene rings is 1. The van der Waals surface area contributed by atoms with Gasteiger partial charge in [0.15, 0.2) is 0 Å². The van der Waals surface area contributed by atoms with Gasteiger partial charge in [0.05, 0.1) is 16.8 Å². The molecule has 20 heavy (non-hydrogen) atoms. The van der Waals surface area contributed by atoms with Crippen molar-refractivity contribution in [3.05, 3.63) is 39.9 Å². The monoisotopic (exact) mass is 302 g/mol. The maximum atomic E-state index is 11.1. The van der Waals surface area contributed by atoms with Crippen LogP contribution in [0.5, 0.6) is 0 Å². The summed E-state index contributed by atoms with van der Waals surface area (Å²) < 4.78 is 22.2. The molecule has 0 spiro atoms. The van der Waals surface area contributed by atoms with Crippen LogP contribution in [-0.4, -0.2) is 43.0 Å². The first-order valence-corrected chi connectivity index (χ1v) is 8.08. The van der Waals surface area contributed by atoms with E-state index in [2.05, 4.69) is 5.32 Å². The van der Waals surface area contributed by atoms with Crippen molar-refractivity contribution in [2.24, 2.45) is 0 Å². The predicted octanol–water partition coefficient (Wildman–Crippen LogP) is 0.651. The van der Waals surface area contributed by atoms with Gasteiger partial charge in [-0.05, 0) is 24.6 Å². The molecule has 8 heteroatoms. The molecule has 2 unspecified atom stereocenters. The van der Waals surface area contributed by atoms with Crippen LogP contribution in [0.4, 0.5) is 5.69 Å². The number of nitro benzene ring substituents is 1. The second-order valence-corrected chi connectivity index (χ2v) is 6.95. The van der Waals surface area contributed by atoms with E-state index in [0.29, 0.717) is 5.56 Å². The van der Waals surface area contributed by atoms with Crippen molar-refractivity contribution < 1.29 is 18.4 Å². The van der Waals surface area contributed by atoms with Crippen LogP contribution in [0, 0.1) is 10.1 Å². The quantitative estimate of drug-likeness (QED) is 0.565. The second kappa shape index (κ2) is 6.78. The number of non-ortho nitro benzene ring substituents is 1. The normalized spacial score (nSPS) is 14.8. The van der Waals surface area contributed by atoms with Crippen molar-refractivity contribution in [2.45, 2.75) is 19.1 Å². The summed E-state index contributed by atoms with van der Waals surface area (Å²) in [5.74, 6) is -0.0139. The number of hydrogen-bond donors (Lipinski definition) is 2. The fourth-order valence-electron chi connectivity index (χ4n) is 1.76. The predicted molar refractivity (Wildman–Crippen MR) is 75.2 cm³/mol. The summed E-state index contributed by atoms with van der Waals surface area (Å²) in [6, 6.07) is 5.31.